The van der Waals surface area contributed by atoms with E-state index in [1.54, 1.807) is 46.1 Å². The number of rotatable bonds is 7. The fourth-order valence-corrected chi connectivity index (χ4v) is 2.59. The van der Waals surface area contributed by atoms with Gasteiger partial charge in [0, 0.05) is 12.5 Å². The standard InChI is InChI=1S/C22H28N2O4/c1-22(2,3)28-21(26)24-18-14-13-17(27-4)15-19(18)23-20(25)12-8-11-16-9-6-5-7-10-16/h5-7,9-10,13-15H,8,11-12H2,1-4H3,(H,23,25)(H,24,26). The molecule has 0 aliphatic heterocycles. The van der Waals surface area contributed by atoms with Gasteiger partial charge in [-0.05, 0) is 51.3 Å². The molecule has 0 spiro atoms. The van der Waals surface area contributed by atoms with Crippen LogP contribution < -0.4 is 15.4 Å². The topological polar surface area (TPSA) is 76.7 Å². The van der Waals surface area contributed by atoms with Crippen LogP contribution in [0.2, 0.25) is 0 Å². The molecule has 2 aromatic carbocycles. The second-order valence-corrected chi connectivity index (χ2v) is 7.43. The Morgan fingerprint density at radius 2 is 1.68 bits per heavy atom. The highest BCUT2D eigenvalue weighted by atomic mass is 16.6. The molecule has 0 unspecified atom stereocenters. The molecule has 0 aliphatic carbocycles. The van der Waals surface area contributed by atoms with Crippen molar-refractivity contribution in [3.05, 3.63) is 54.1 Å². The minimum absolute atomic E-state index is 0.128. The molecule has 0 atom stereocenters. The highest BCUT2D eigenvalue weighted by molar-refractivity contribution is 5.98. The average Bonchev–Trinajstić information content (AvgIpc) is 2.62. The van der Waals surface area contributed by atoms with E-state index in [2.05, 4.69) is 10.6 Å². The Morgan fingerprint density at radius 3 is 2.32 bits per heavy atom. The summed E-state index contributed by atoms with van der Waals surface area (Å²) in [4.78, 5) is 24.4. The molecule has 28 heavy (non-hydrogen) atoms. The monoisotopic (exact) mass is 384 g/mol. The number of benzene rings is 2. The molecule has 2 rings (SSSR count). The van der Waals surface area contributed by atoms with Crippen LogP contribution in [0.25, 0.3) is 0 Å². The quantitative estimate of drug-likeness (QED) is 0.704. The first-order chi connectivity index (χ1) is 13.3. The van der Waals surface area contributed by atoms with Crippen molar-refractivity contribution in [2.24, 2.45) is 0 Å². The lowest BCUT2D eigenvalue weighted by molar-refractivity contribution is -0.116. The molecular formula is C22H28N2O4. The van der Waals surface area contributed by atoms with Crippen LogP contribution >= 0.6 is 0 Å². The van der Waals surface area contributed by atoms with E-state index < -0.39 is 11.7 Å². The van der Waals surface area contributed by atoms with Crippen LogP contribution in [0.15, 0.2) is 48.5 Å². The number of carbonyl (C=O) groups is 2. The van der Waals surface area contributed by atoms with Gasteiger partial charge in [-0.25, -0.2) is 4.79 Å². The molecular weight excluding hydrogens is 356 g/mol. The zero-order chi connectivity index (χ0) is 20.6. The first-order valence-electron chi connectivity index (χ1n) is 9.28. The second kappa shape index (κ2) is 9.78. The van der Waals surface area contributed by atoms with Crippen LogP contribution in [0.1, 0.15) is 39.2 Å². The zero-order valence-electron chi connectivity index (χ0n) is 16.9. The summed E-state index contributed by atoms with van der Waals surface area (Å²) < 4.78 is 10.5. The van der Waals surface area contributed by atoms with Crippen molar-refractivity contribution < 1.29 is 19.1 Å². The molecule has 0 saturated heterocycles. The average molecular weight is 384 g/mol. The van der Waals surface area contributed by atoms with Gasteiger partial charge in [0.05, 0.1) is 18.5 Å². The summed E-state index contributed by atoms with van der Waals surface area (Å²) >= 11 is 0. The molecule has 6 heteroatoms. The summed E-state index contributed by atoms with van der Waals surface area (Å²) in [6.07, 6.45) is 1.35. The maximum atomic E-state index is 12.4. The van der Waals surface area contributed by atoms with Gasteiger partial charge < -0.3 is 14.8 Å². The number of aryl methyl sites for hydroxylation is 1. The van der Waals surface area contributed by atoms with Crippen molar-refractivity contribution in [2.75, 3.05) is 17.7 Å². The molecule has 0 aromatic heterocycles. The summed E-state index contributed by atoms with van der Waals surface area (Å²) in [6, 6.07) is 15.1. The van der Waals surface area contributed by atoms with Crippen LogP contribution in [-0.2, 0) is 16.0 Å². The lowest BCUT2D eigenvalue weighted by atomic mass is 10.1. The van der Waals surface area contributed by atoms with E-state index >= 15 is 0 Å². The Hall–Kier alpha value is -3.02. The lowest BCUT2D eigenvalue weighted by Crippen LogP contribution is -2.27. The van der Waals surface area contributed by atoms with Gasteiger partial charge >= 0.3 is 6.09 Å². The van der Waals surface area contributed by atoms with E-state index in [-0.39, 0.29) is 5.91 Å². The van der Waals surface area contributed by atoms with Crippen LogP contribution in [-0.4, -0.2) is 24.7 Å². The summed E-state index contributed by atoms with van der Waals surface area (Å²) in [5.41, 5.74) is 1.50. The Balaban J connectivity index is 1.99. The van der Waals surface area contributed by atoms with E-state index in [1.807, 2.05) is 30.3 Å². The number of amides is 2. The normalized spacial score (nSPS) is 10.9. The number of hydrogen-bond donors (Lipinski definition) is 2. The molecule has 6 nitrogen and oxygen atoms in total. The van der Waals surface area contributed by atoms with Crippen molar-refractivity contribution in [1.29, 1.82) is 0 Å². The Kier molecular flexibility index (Phi) is 7.44. The second-order valence-electron chi connectivity index (χ2n) is 7.43. The number of nitrogens with one attached hydrogen (secondary N) is 2. The summed E-state index contributed by atoms with van der Waals surface area (Å²) in [5, 5.41) is 5.52. The number of methoxy groups -OCH3 is 1. The van der Waals surface area contributed by atoms with Gasteiger partial charge in [-0.15, -0.1) is 0 Å². The van der Waals surface area contributed by atoms with Gasteiger partial charge in [-0.2, -0.15) is 0 Å². The number of carbonyl (C=O) groups excluding carboxylic acids is 2. The molecule has 0 heterocycles. The molecule has 2 aromatic rings. The van der Waals surface area contributed by atoms with E-state index in [0.29, 0.717) is 23.5 Å². The third-order valence-electron chi connectivity index (χ3n) is 3.85. The van der Waals surface area contributed by atoms with Gasteiger partial charge in [0.25, 0.3) is 0 Å². The van der Waals surface area contributed by atoms with Crippen LogP contribution in [0.5, 0.6) is 5.75 Å². The van der Waals surface area contributed by atoms with Crippen LogP contribution in [0.3, 0.4) is 0 Å². The highest BCUT2D eigenvalue weighted by Crippen LogP contribution is 2.28. The van der Waals surface area contributed by atoms with Gasteiger partial charge in [-0.3, -0.25) is 10.1 Å². The SMILES string of the molecule is COc1ccc(NC(=O)OC(C)(C)C)c(NC(=O)CCCc2ccccc2)c1. The lowest BCUT2D eigenvalue weighted by Gasteiger charge is -2.20. The van der Waals surface area contributed by atoms with Crippen molar-refractivity contribution in [3.63, 3.8) is 0 Å². The number of hydrogen-bond acceptors (Lipinski definition) is 4. The summed E-state index contributed by atoms with van der Waals surface area (Å²) in [6.45, 7) is 5.36. The molecule has 0 aliphatic rings. The smallest absolute Gasteiger partial charge is 0.412 e. The van der Waals surface area contributed by atoms with Crippen LogP contribution in [0.4, 0.5) is 16.2 Å². The predicted octanol–water partition coefficient (Wildman–Crippen LogP) is 5.00. The first kappa shape index (κ1) is 21.3. The molecule has 0 radical (unpaired) electrons. The third-order valence-corrected chi connectivity index (χ3v) is 3.85. The summed E-state index contributed by atoms with van der Waals surface area (Å²) in [5.74, 6) is 0.450. The Labute approximate surface area is 166 Å². The van der Waals surface area contributed by atoms with E-state index in [0.717, 1.165) is 12.8 Å². The third kappa shape index (κ3) is 7.31. The number of anilines is 2. The fraction of sp³-hybridized carbons (Fsp3) is 0.364. The molecule has 2 amide bonds. The summed E-state index contributed by atoms with van der Waals surface area (Å²) in [7, 11) is 1.54. The van der Waals surface area contributed by atoms with Crippen molar-refractivity contribution in [1.82, 2.24) is 0 Å². The van der Waals surface area contributed by atoms with E-state index in [1.165, 1.54) is 5.56 Å². The van der Waals surface area contributed by atoms with Gasteiger partial charge in [-0.1, -0.05) is 30.3 Å². The minimum atomic E-state index is -0.614. The largest absolute Gasteiger partial charge is 0.497 e. The van der Waals surface area contributed by atoms with E-state index in [9.17, 15) is 9.59 Å². The maximum Gasteiger partial charge on any atom is 0.412 e. The Bertz CT molecular complexity index is 798. The molecule has 0 bridgehead atoms. The minimum Gasteiger partial charge on any atom is -0.497 e. The van der Waals surface area contributed by atoms with Gasteiger partial charge in [0.2, 0.25) is 5.91 Å². The molecule has 2 N–H and O–H groups in total. The molecule has 0 saturated carbocycles. The fourth-order valence-electron chi connectivity index (χ4n) is 2.59. The van der Waals surface area contributed by atoms with Crippen molar-refractivity contribution in [2.45, 2.75) is 45.6 Å². The molecule has 150 valence electrons. The Morgan fingerprint density at radius 1 is 0.964 bits per heavy atom. The van der Waals surface area contributed by atoms with Gasteiger partial charge in [0.15, 0.2) is 0 Å². The van der Waals surface area contributed by atoms with Crippen molar-refractivity contribution in [3.8, 4) is 5.75 Å². The number of ether oxygens (including phenoxy) is 2. The van der Waals surface area contributed by atoms with E-state index in [4.69, 9.17) is 9.47 Å². The van der Waals surface area contributed by atoms with Crippen molar-refractivity contribution >= 4 is 23.4 Å². The maximum absolute atomic E-state index is 12.4. The highest BCUT2D eigenvalue weighted by Gasteiger charge is 2.18. The zero-order valence-corrected chi connectivity index (χ0v) is 16.9. The predicted molar refractivity (Wildman–Crippen MR) is 111 cm³/mol. The van der Waals surface area contributed by atoms with Gasteiger partial charge in [0.1, 0.15) is 11.4 Å². The van der Waals surface area contributed by atoms with Crippen LogP contribution in [0, 0.1) is 0 Å². The first-order valence-corrected chi connectivity index (χ1v) is 9.28. The molecule has 0 fully saturated rings.